The van der Waals surface area contributed by atoms with E-state index in [9.17, 15) is 0 Å². The van der Waals surface area contributed by atoms with E-state index in [1.807, 2.05) is 12.1 Å². The van der Waals surface area contributed by atoms with Gasteiger partial charge in [0.05, 0.1) is 21.3 Å². The number of nitrogens with zero attached hydrogens (tertiary/aromatic N) is 1. The first-order valence-electron chi connectivity index (χ1n) is 7.42. The molecule has 0 aliphatic rings. The highest BCUT2D eigenvalue weighted by atomic mass is 127. The molecule has 0 heterocycles. The fourth-order valence-corrected chi connectivity index (χ4v) is 2.07. The fraction of sp³-hybridized carbons (Fsp3) is 0.562. The maximum atomic E-state index is 5.35. The number of rotatable bonds is 9. The van der Waals surface area contributed by atoms with Gasteiger partial charge in [0.25, 0.3) is 0 Å². The van der Waals surface area contributed by atoms with Crippen molar-refractivity contribution in [3.05, 3.63) is 17.7 Å². The molecule has 0 aliphatic heterocycles. The molecule has 0 aliphatic carbocycles. The lowest BCUT2D eigenvalue weighted by atomic mass is 10.2. The summed E-state index contributed by atoms with van der Waals surface area (Å²) < 4.78 is 21.0. The zero-order chi connectivity index (χ0) is 17.1. The maximum Gasteiger partial charge on any atom is 0.203 e. The van der Waals surface area contributed by atoms with Gasteiger partial charge < -0.3 is 29.6 Å². The van der Waals surface area contributed by atoms with E-state index < -0.39 is 0 Å². The van der Waals surface area contributed by atoms with Crippen molar-refractivity contribution in [2.75, 3.05) is 48.6 Å². The van der Waals surface area contributed by atoms with E-state index in [2.05, 4.69) is 15.6 Å². The summed E-state index contributed by atoms with van der Waals surface area (Å²) in [5.41, 5.74) is 0.999. The molecule has 0 atom stereocenters. The smallest absolute Gasteiger partial charge is 0.203 e. The van der Waals surface area contributed by atoms with Gasteiger partial charge >= 0.3 is 0 Å². The summed E-state index contributed by atoms with van der Waals surface area (Å²) in [7, 11) is 8.22. The number of nitrogens with one attached hydrogen (secondary N) is 2. The zero-order valence-corrected chi connectivity index (χ0v) is 17.3. The van der Waals surface area contributed by atoms with E-state index in [1.165, 1.54) is 0 Å². The van der Waals surface area contributed by atoms with Crippen molar-refractivity contribution in [3.63, 3.8) is 0 Å². The monoisotopic (exact) mass is 453 g/mol. The minimum absolute atomic E-state index is 0. The number of hydrogen-bond donors (Lipinski definition) is 2. The molecule has 0 radical (unpaired) electrons. The topological polar surface area (TPSA) is 73.3 Å². The van der Waals surface area contributed by atoms with Gasteiger partial charge in [-0.3, -0.25) is 4.99 Å². The summed E-state index contributed by atoms with van der Waals surface area (Å²) in [6.07, 6.45) is 0.918. The summed E-state index contributed by atoms with van der Waals surface area (Å²) in [5.74, 6) is 2.58. The second-order valence-electron chi connectivity index (χ2n) is 4.73. The van der Waals surface area contributed by atoms with Crippen LogP contribution in [0.5, 0.6) is 17.2 Å². The van der Waals surface area contributed by atoms with Crippen LogP contribution in [0.1, 0.15) is 12.0 Å². The van der Waals surface area contributed by atoms with Crippen LogP contribution in [0.25, 0.3) is 0 Å². The van der Waals surface area contributed by atoms with E-state index in [0.29, 0.717) is 23.8 Å². The SMILES string of the molecule is CN=C(NCCCOC)NCc1cc(OC)c(OC)c(OC)c1.I. The quantitative estimate of drug-likeness (QED) is 0.258. The van der Waals surface area contributed by atoms with Gasteiger partial charge in [0.15, 0.2) is 17.5 Å². The molecule has 0 bridgehead atoms. The van der Waals surface area contributed by atoms with Crippen LogP contribution < -0.4 is 24.8 Å². The van der Waals surface area contributed by atoms with Crippen molar-refractivity contribution in [2.45, 2.75) is 13.0 Å². The van der Waals surface area contributed by atoms with E-state index >= 15 is 0 Å². The summed E-state index contributed by atoms with van der Waals surface area (Å²) in [5, 5.41) is 6.47. The number of ether oxygens (including phenoxy) is 4. The van der Waals surface area contributed by atoms with Crippen LogP contribution in [0, 0.1) is 0 Å². The number of methoxy groups -OCH3 is 4. The molecule has 0 amide bonds. The summed E-state index contributed by atoms with van der Waals surface area (Å²) in [6, 6.07) is 3.82. The van der Waals surface area contributed by atoms with E-state index in [0.717, 1.165) is 31.1 Å². The highest BCUT2D eigenvalue weighted by Crippen LogP contribution is 2.38. The molecule has 2 N–H and O–H groups in total. The molecule has 8 heteroatoms. The van der Waals surface area contributed by atoms with Crippen molar-refractivity contribution in [1.29, 1.82) is 0 Å². The predicted molar refractivity (Wildman–Crippen MR) is 106 cm³/mol. The van der Waals surface area contributed by atoms with Crippen LogP contribution in [-0.2, 0) is 11.3 Å². The fourth-order valence-electron chi connectivity index (χ4n) is 2.07. The van der Waals surface area contributed by atoms with Gasteiger partial charge in [-0.25, -0.2) is 0 Å². The highest BCUT2D eigenvalue weighted by molar-refractivity contribution is 14.0. The van der Waals surface area contributed by atoms with E-state index in [4.69, 9.17) is 18.9 Å². The van der Waals surface area contributed by atoms with Crippen LogP contribution in [0.2, 0.25) is 0 Å². The van der Waals surface area contributed by atoms with Gasteiger partial charge in [0.1, 0.15) is 0 Å². The van der Waals surface area contributed by atoms with Crippen LogP contribution in [0.15, 0.2) is 17.1 Å². The number of aliphatic imine (C=N–C) groups is 1. The number of hydrogen-bond acceptors (Lipinski definition) is 5. The predicted octanol–water partition coefficient (Wildman–Crippen LogP) is 2.03. The average Bonchev–Trinajstić information content (AvgIpc) is 2.59. The van der Waals surface area contributed by atoms with Gasteiger partial charge in [0.2, 0.25) is 5.75 Å². The van der Waals surface area contributed by atoms with Gasteiger partial charge in [0, 0.05) is 33.9 Å². The zero-order valence-electron chi connectivity index (χ0n) is 15.0. The lowest BCUT2D eigenvalue weighted by Crippen LogP contribution is -2.37. The Morgan fingerprint density at radius 3 is 2.08 bits per heavy atom. The lowest BCUT2D eigenvalue weighted by Gasteiger charge is -2.16. The molecule has 0 fully saturated rings. The normalized spacial score (nSPS) is 10.6. The first-order chi connectivity index (χ1) is 11.2. The minimum atomic E-state index is 0. The van der Waals surface area contributed by atoms with Crippen molar-refractivity contribution in [1.82, 2.24) is 10.6 Å². The minimum Gasteiger partial charge on any atom is -0.493 e. The molecule has 0 spiro atoms. The van der Waals surface area contributed by atoms with Gasteiger partial charge in [-0.05, 0) is 24.1 Å². The molecule has 0 saturated heterocycles. The molecule has 0 saturated carbocycles. The summed E-state index contributed by atoms with van der Waals surface area (Å²) in [4.78, 5) is 4.19. The standard InChI is InChI=1S/C16H27N3O4.HI/c1-17-16(18-7-6-8-20-2)19-11-12-9-13(21-3)15(23-5)14(10-12)22-4;/h9-10H,6-8,11H2,1-5H3,(H2,17,18,19);1H. The molecule has 1 rings (SSSR count). The third-order valence-corrected chi connectivity index (χ3v) is 3.23. The van der Waals surface area contributed by atoms with Crippen LogP contribution in [0.3, 0.4) is 0 Å². The van der Waals surface area contributed by atoms with Crippen LogP contribution >= 0.6 is 24.0 Å². The van der Waals surface area contributed by atoms with Crippen molar-refractivity contribution in [2.24, 2.45) is 4.99 Å². The number of halogens is 1. The molecule has 138 valence electrons. The van der Waals surface area contributed by atoms with E-state index in [1.54, 1.807) is 35.5 Å². The molecular formula is C16H28IN3O4. The van der Waals surface area contributed by atoms with Gasteiger partial charge in [-0.2, -0.15) is 0 Å². The molecule has 24 heavy (non-hydrogen) atoms. The third kappa shape index (κ3) is 7.00. The Kier molecular flexibility index (Phi) is 12.2. The summed E-state index contributed by atoms with van der Waals surface area (Å²) in [6.45, 7) is 2.10. The average molecular weight is 453 g/mol. The first-order valence-corrected chi connectivity index (χ1v) is 7.42. The second kappa shape index (κ2) is 12.9. The highest BCUT2D eigenvalue weighted by Gasteiger charge is 2.13. The molecule has 7 nitrogen and oxygen atoms in total. The molecular weight excluding hydrogens is 425 g/mol. The summed E-state index contributed by atoms with van der Waals surface area (Å²) >= 11 is 0. The Labute approximate surface area is 161 Å². The van der Waals surface area contributed by atoms with Crippen molar-refractivity contribution < 1.29 is 18.9 Å². The molecule has 0 unspecified atom stereocenters. The molecule has 1 aromatic rings. The molecule has 1 aromatic carbocycles. The lowest BCUT2D eigenvalue weighted by molar-refractivity contribution is 0.195. The first kappa shape index (κ1) is 22.6. The Morgan fingerprint density at radius 1 is 1.00 bits per heavy atom. The van der Waals surface area contributed by atoms with Crippen LogP contribution in [0.4, 0.5) is 0 Å². The maximum absolute atomic E-state index is 5.35. The Balaban J connectivity index is 0.00000529. The van der Waals surface area contributed by atoms with Gasteiger partial charge in [-0.15, -0.1) is 24.0 Å². The Bertz CT molecular complexity index is 487. The van der Waals surface area contributed by atoms with Crippen molar-refractivity contribution in [3.8, 4) is 17.2 Å². The van der Waals surface area contributed by atoms with Crippen molar-refractivity contribution >= 4 is 29.9 Å². The molecule has 0 aromatic heterocycles. The largest absolute Gasteiger partial charge is 0.493 e. The Hall–Kier alpha value is -1.42. The second-order valence-corrected chi connectivity index (χ2v) is 4.73. The van der Waals surface area contributed by atoms with Gasteiger partial charge in [-0.1, -0.05) is 0 Å². The number of benzene rings is 1. The Morgan fingerprint density at radius 2 is 1.62 bits per heavy atom. The third-order valence-electron chi connectivity index (χ3n) is 3.23. The number of guanidine groups is 1. The van der Waals surface area contributed by atoms with E-state index in [-0.39, 0.29) is 24.0 Å². The van der Waals surface area contributed by atoms with Crippen LogP contribution in [-0.4, -0.2) is 54.6 Å².